The summed E-state index contributed by atoms with van der Waals surface area (Å²) in [7, 11) is -12.4. The molecule has 3 heterocycles. The number of Topliss-reactive ketones (excluding diaryl/α,β-unsaturated/α-hetero) is 2. The van der Waals surface area contributed by atoms with Crippen LogP contribution in [-0.2, 0) is 49.4 Å². The van der Waals surface area contributed by atoms with Crippen LogP contribution in [0.3, 0.4) is 0 Å². The van der Waals surface area contributed by atoms with Crippen molar-refractivity contribution in [2.75, 3.05) is 46.6 Å². The lowest BCUT2D eigenvalue weighted by Gasteiger charge is -2.28. The number of hydrogen-bond donors (Lipinski definition) is 4. The van der Waals surface area contributed by atoms with Gasteiger partial charge in [0.05, 0.1) is 26.0 Å². The fourth-order valence-corrected chi connectivity index (χ4v) is 13.5. The number of hydrogen-bond acceptors (Lipinski definition) is 23. The third-order valence-corrected chi connectivity index (χ3v) is 17.6. The highest BCUT2D eigenvalue weighted by Gasteiger charge is 2.39. The van der Waals surface area contributed by atoms with Gasteiger partial charge in [0, 0.05) is 56.1 Å². The largest absolute Gasteiger partial charge is 0.425 e. The molecule has 4 N–H and O–H groups in total. The van der Waals surface area contributed by atoms with E-state index in [0.29, 0.717) is 52.0 Å². The zero-order chi connectivity index (χ0) is 56.9. The number of carbonyl (C=O) groups excluding carboxylic acids is 2. The molecule has 6 aromatic rings. The van der Waals surface area contributed by atoms with Crippen LogP contribution in [0.4, 0.5) is 56.0 Å². The SMILES string of the molecule is CCN(CC)c1ccc(N=Nc2cc3c(s2)C(=O)CC(C)(C)C3)c(Nc2nc(Nc3cc(N(CC)CC)ccc3N=Nc3sc4c(c3S(=O)(=O)O)CC(C)(C)CC4=O)nc(SCc3cccc(S(=O)(=O)O)c3)n2)c1.O=S(=O)=O. The van der Waals surface area contributed by atoms with Crippen LogP contribution in [0.25, 0.3) is 0 Å². The number of carbonyl (C=O) groups is 2. The minimum atomic E-state index is -4.83. The summed E-state index contributed by atoms with van der Waals surface area (Å²) in [6.07, 6.45) is 1.66. The molecular formula is C50H57N11O11S6. The molecule has 0 aliphatic heterocycles. The van der Waals surface area contributed by atoms with Gasteiger partial charge in [-0.05, 0) is 123 Å². The van der Waals surface area contributed by atoms with Crippen molar-refractivity contribution in [2.45, 2.75) is 102 Å². The van der Waals surface area contributed by atoms with Gasteiger partial charge in [-0.2, -0.15) is 31.8 Å². The van der Waals surface area contributed by atoms with Gasteiger partial charge in [-0.15, -0.1) is 55.8 Å². The van der Waals surface area contributed by atoms with Crippen molar-refractivity contribution in [1.82, 2.24) is 15.0 Å². The number of azo groups is 2. The Labute approximate surface area is 465 Å². The number of ketones is 2. The summed E-state index contributed by atoms with van der Waals surface area (Å²) < 4.78 is 95.5. The highest BCUT2D eigenvalue weighted by atomic mass is 32.2. The molecule has 0 saturated heterocycles. The predicted octanol–water partition coefficient (Wildman–Crippen LogP) is 12.1. The topological polar surface area (TPSA) is 313 Å². The highest BCUT2D eigenvalue weighted by Crippen LogP contribution is 2.48. The second-order valence-electron chi connectivity index (χ2n) is 19.6. The van der Waals surface area contributed by atoms with Crippen LogP contribution in [0.2, 0.25) is 0 Å². The van der Waals surface area contributed by atoms with E-state index in [1.165, 1.54) is 41.3 Å². The lowest BCUT2D eigenvalue weighted by molar-refractivity contribution is 0.0907. The maximum absolute atomic E-state index is 13.2. The molecule has 0 atom stereocenters. The first-order valence-electron chi connectivity index (χ1n) is 24.4. The van der Waals surface area contributed by atoms with E-state index >= 15 is 0 Å². The quantitative estimate of drug-likeness (QED) is 0.0333. The third kappa shape index (κ3) is 14.8. The smallest absolute Gasteiger partial charge is 0.372 e. The Bertz CT molecular complexity index is 3680. The van der Waals surface area contributed by atoms with Crippen molar-refractivity contribution in [2.24, 2.45) is 31.3 Å². The van der Waals surface area contributed by atoms with Crippen molar-refractivity contribution in [3.05, 3.63) is 93.2 Å². The molecule has 0 spiro atoms. The molecule has 28 heteroatoms. The van der Waals surface area contributed by atoms with E-state index < -0.39 is 41.2 Å². The fraction of sp³-hybridized carbons (Fsp3) is 0.380. The third-order valence-electron chi connectivity index (χ3n) is 12.5. The van der Waals surface area contributed by atoms with E-state index in [-0.39, 0.29) is 78.7 Å². The van der Waals surface area contributed by atoms with Crippen LogP contribution >= 0.6 is 34.4 Å². The Hall–Kier alpha value is -6.40. The molecule has 0 amide bonds. The van der Waals surface area contributed by atoms with E-state index in [1.54, 1.807) is 12.1 Å². The van der Waals surface area contributed by atoms with E-state index in [2.05, 4.69) is 68.6 Å². The van der Waals surface area contributed by atoms with E-state index in [4.69, 9.17) is 27.6 Å². The second-order valence-corrected chi connectivity index (χ2v) is 25.8. The van der Waals surface area contributed by atoms with Gasteiger partial charge in [0.1, 0.15) is 21.3 Å². The van der Waals surface area contributed by atoms with Gasteiger partial charge >= 0.3 is 10.6 Å². The Morgan fingerprint density at radius 1 is 0.654 bits per heavy atom. The Balaban J connectivity index is 0.00000213. The first-order chi connectivity index (χ1) is 36.7. The molecule has 414 valence electrons. The normalized spacial score (nSPS) is 14.9. The van der Waals surface area contributed by atoms with Gasteiger partial charge < -0.3 is 20.4 Å². The number of benzene rings is 3. The first kappa shape index (κ1) is 59.3. The van der Waals surface area contributed by atoms with Crippen molar-refractivity contribution in [1.29, 1.82) is 0 Å². The Morgan fingerprint density at radius 3 is 1.71 bits per heavy atom. The highest BCUT2D eigenvalue weighted by molar-refractivity contribution is 7.98. The lowest BCUT2D eigenvalue weighted by Crippen LogP contribution is -2.26. The number of aromatic nitrogens is 3. The summed E-state index contributed by atoms with van der Waals surface area (Å²) in [5, 5.41) is 25.5. The maximum atomic E-state index is 13.2. The molecule has 0 fully saturated rings. The van der Waals surface area contributed by atoms with Crippen molar-refractivity contribution < 1.29 is 48.2 Å². The van der Waals surface area contributed by atoms with Crippen molar-refractivity contribution in [3.63, 3.8) is 0 Å². The second kappa shape index (κ2) is 24.3. The molecule has 2 aliphatic rings. The number of nitrogens with zero attached hydrogens (tertiary/aromatic N) is 9. The summed E-state index contributed by atoms with van der Waals surface area (Å²) >= 11 is 3.36. The van der Waals surface area contributed by atoms with Crippen LogP contribution in [0.15, 0.2) is 102 Å². The van der Waals surface area contributed by atoms with E-state index in [0.717, 1.165) is 47.8 Å². The number of fused-ring (bicyclic) bond motifs is 2. The van der Waals surface area contributed by atoms with Crippen LogP contribution in [0.5, 0.6) is 0 Å². The van der Waals surface area contributed by atoms with Crippen LogP contribution in [0, 0.1) is 10.8 Å². The van der Waals surface area contributed by atoms with Gasteiger partial charge in [0.2, 0.25) is 11.9 Å². The molecule has 22 nitrogen and oxygen atoms in total. The summed E-state index contributed by atoms with van der Waals surface area (Å²) in [6.45, 7) is 18.8. The number of rotatable bonds is 19. The van der Waals surface area contributed by atoms with Crippen LogP contribution in [0.1, 0.15) is 104 Å². The van der Waals surface area contributed by atoms with Gasteiger partial charge in [0.25, 0.3) is 20.2 Å². The summed E-state index contributed by atoms with van der Waals surface area (Å²) in [4.78, 5) is 45.2. The molecule has 8 rings (SSSR count). The summed E-state index contributed by atoms with van der Waals surface area (Å²) in [5.41, 5.74) is 4.28. The zero-order valence-corrected chi connectivity index (χ0v) is 48.7. The van der Waals surface area contributed by atoms with Crippen LogP contribution < -0.4 is 20.4 Å². The number of thiophene rings is 2. The minimum Gasteiger partial charge on any atom is -0.372 e. The maximum Gasteiger partial charge on any atom is 0.425 e. The average Bonchev–Trinajstić information content (AvgIpc) is 4.01. The molecule has 78 heavy (non-hydrogen) atoms. The van der Waals surface area contributed by atoms with Gasteiger partial charge in [-0.3, -0.25) is 18.7 Å². The number of thioether (sulfide) groups is 1. The van der Waals surface area contributed by atoms with Gasteiger partial charge in [-0.25, -0.2) is 0 Å². The lowest BCUT2D eigenvalue weighted by atomic mass is 9.76. The molecule has 0 radical (unpaired) electrons. The van der Waals surface area contributed by atoms with Crippen molar-refractivity contribution in [3.8, 4) is 0 Å². The minimum absolute atomic E-state index is 0.0442. The number of nitrogens with one attached hydrogen (secondary N) is 2. The monoisotopic (exact) mass is 1180 g/mol. The van der Waals surface area contributed by atoms with Crippen molar-refractivity contribution >= 4 is 133 Å². The standard InChI is InChI=1S/C50H57N11O8S5.O3S/c1-9-60(10-2)31-16-18-35(56-58-41-21-30-24-49(5,6)26-39(62)42(30)71-41)37(22-31)51-46-53-47(55-48(54-46)70-28-29-14-13-15-33(20-29)73(64,65)66)52-38-23-32(61(11-3)12-4)17-19-36(38)57-59-45-44(74(67,68)69)34-25-50(7,8)27-40(63)43(34)72-45;1-4(2)3/h13-23H,9-12,24-28H2,1-8H3,(H,64,65,66)(H,67,68,69)(H2,51,52,53,54,55);. The summed E-state index contributed by atoms with van der Waals surface area (Å²) in [6, 6.07) is 18.9. The fourth-order valence-electron chi connectivity index (χ4n) is 9.05. The molecule has 3 aromatic heterocycles. The molecule has 0 saturated carbocycles. The van der Waals surface area contributed by atoms with Gasteiger partial charge in [-0.1, -0.05) is 51.6 Å². The van der Waals surface area contributed by atoms with E-state index in [1.807, 2.05) is 64.1 Å². The van der Waals surface area contributed by atoms with E-state index in [9.17, 15) is 35.5 Å². The molecule has 3 aromatic carbocycles. The molecule has 0 unspecified atom stereocenters. The number of anilines is 6. The molecule has 0 bridgehead atoms. The predicted molar refractivity (Wildman–Crippen MR) is 302 cm³/mol. The summed E-state index contributed by atoms with van der Waals surface area (Å²) in [5.74, 6) is 0.169. The Kier molecular flexibility index (Phi) is 18.5. The molecule has 2 aliphatic carbocycles. The zero-order valence-electron chi connectivity index (χ0n) is 43.8. The molecular weight excluding hydrogens is 1120 g/mol. The van der Waals surface area contributed by atoms with Crippen LogP contribution in [-0.4, -0.2) is 91.3 Å². The van der Waals surface area contributed by atoms with Gasteiger partial charge in [0.15, 0.2) is 21.7 Å². The first-order valence-corrected chi connectivity index (χ1v) is 30.9. The Morgan fingerprint density at radius 2 is 1.18 bits per heavy atom. The average molecular weight is 1180 g/mol.